The molecule has 1 aliphatic heterocycles. The normalized spacial score (nSPS) is 16.6. The highest BCUT2D eigenvalue weighted by Gasteiger charge is 2.18. The number of halogens is 1. The van der Waals surface area contributed by atoms with Crippen LogP contribution in [0, 0.1) is 5.92 Å². The van der Waals surface area contributed by atoms with Crippen LogP contribution in [0.15, 0.2) is 22.7 Å². The van der Waals surface area contributed by atoms with Gasteiger partial charge in [0.15, 0.2) is 0 Å². The fourth-order valence-corrected chi connectivity index (χ4v) is 2.98. The molecule has 0 radical (unpaired) electrons. The molecule has 20 heavy (non-hydrogen) atoms. The molecule has 0 unspecified atom stereocenters. The van der Waals surface area contributed by atoms with Gasteiger partial charge in [0.05, 0.1) is 6.61 Å². The van der Waals surface area contributed by atoms with Crippen LogP contribution in [-0.2, 0) is 11.3 Å². The quantitative estimate of drug-likeness (QED) is 0.803. The molecule has 1 N–H and O–H groups in total. The van der Waals surface area contributed by atoms with Crippen molar-refractivity contribution in [3.63, 3.8) is 0 Å². The second-order valence-electron chi connectivity index (χ2n) is 5.61. The second-order valence-corrected chi connectivity index (χ2v) is 6.53. The van der Waals surface area contributed by atoms with E-state index in [0.717, 1.165) is 30.1 Å². The van der Waals surface area contributed by atoms with Crippen molar-refractivity contribution in [2.45, 2.75) is 26.3 Å². The monoisotopic (exact) mass is 340 g/mol. The SMILES string of the molecule is COCCNCc1ccc(Br)cc1N1CCC(C)CC1. The van der Waals surface area contributed by atoms with Gasteiger partial charge in [0.25, 0.3) is 0 Å². The predicted octanol–water partition coefficient (Wildman–Crippen LogP) is 3.42. The molecule has 1 aromatic carbocycles. The minimum absolute atomic E-state index is 0.757. The average molecular weight is 341 g/mol. The summed E-state index contributed by atoms with van der Waals surface area (Å²) >= 11 is 3.60. The minimum atomic E-state index is 0.757. The molecule has 4 heteroatoms. The zero-order valence-electron chi connectivity index (χ0n) is 12.5. The molecule has 112 valence electrons. The summed E-state index contributed by atoms with van der Waals surface area (Å²) in [4.78, 5) is 2.53. The first kappa shape index (κ1) is 15.8. The third-order valence-electron chi connectivity index (χ3n) is 3.97. The molecule has 0 amide bonds. The fraction of sp³-hybridized carbons (Fsp3) is 0.625. The van der Waals surface area contributed by atoms with Crippen LogP contribution in [0.3, 0.4) is 0 Å². The highest BCUT2D eigenvalue weighted by atomic mass is 79.9. The van der Waals surface area contributed by atoms with Crippen molar-refractivity contribution in [1.82, 2.24) is 5.32 Å². The number of rotatable bonds is 6. The van der Waals surface area contributed by atoms with Crippen molar-refractivity contribution < 1.29 is 4.74 Å². The van der Waals surface area contributed by atoms with Gasteiger partial charge in [-0.1, -0.05) is 28.9 Å². The van der Waals surface area contributed by atoms with Crippen molar-refractivity contribution in [2.24, 2.45) is 5.92 Å². The molecular weight excluding hydrogens is 316 g/mol. The highest BCUT2D eigenvalue weighted by Crippen LogP contribution is 2.29. The summed E-state index contributed by atoms with van der Waals surface area (Å²) < 4.78 is 6.24. The van der Waals surface area contributed by atoms with Crippen LogP contribution in [0.25, 0.3) is 0 Å². The zero-order valence-corrected chi connectivity index (χ0v) is 14.1. The molecule has 0 bridgehead atoms. The maximum Gasteiger partial charge on any atom is 0.0587 e. The topological polar surface area (TPSA) is 24.5 Å². The van der Waals surface area contributed by atoms with E-state index in [1.54, 1.807) is 7.11 Å². The van der Waals surface area contributed by atoms with Gasteiger partial charge in [-0.15, -0.1) is 0 Å². The molecule has 1 aromatic rings. The summed E-state index contributed by atoms with van der Waals surface area (Å²) in [6, 6.07) is 6.60. The lowest BCUT2D eigenvalue weighted by atomic mass is 9.98. The third kappa shape index (κ3) is 4.47. The summed E-state index contributed by atoms with van der Waals surface area (Å²) in [5.74, 6) is 0.863. The summed E-state index contributed by atoms with van der Waals surface area (Å²) in [5.41, 5.74) is 2.75. The molecule has 3 nitrogen and oxygen atoms in total. The van der Waals surface area contributed by atoms with E-state index in [9.17, 15) is 0 Å². The Morgan fingerprint density at radius 1 is 1.35 bits per heavy atom. The van der Waals surface area contributed by atoms with Gasteiger partial charge in [0, 0.05) is 43.4 Å². The Morgan fingerprint density at radius 3 is 2.80 bits per heavy atom. The molecule has 1 heterocycles. The van der Waals surface area contributed by atoms with Gasteiger partial charge in [0.1, 0.15) is 0 Å². The maximum atomic E-state index is 5.08. The van der Waals surface area contributed by atoms with Gasteiger partial charge in [-0.2, -0.15) is 0 Å². The second kappa shape index (κ2) is 8.01. The number of anilines is 1. The Balaban J connectivity index is 2.03. The molecule has 0 aliphatic carbocycles. The van der Waals surface area contributed by atoms with Crippen LogP contribution in [0.5, 0.6) is 0 Å². The Labute approximate surface area is 130 Å². The number of piperidine rings is 1. The minimum Gasteiger partial charge on any atom is -0.383 e. The van der Waals surface area contributed by atoms with Crippen molar-refractivity contribution in [3.8, 4) is 0 Å². The number of ether oxygens (including phenoxy) is 1. The van der Waals surface area contributed by atoms with E-state index in [1.807, 2.05) is 0 Å². The lowest BCUT2D eigenvalue weighted by Crippen LogP contribution is -2.34. The van der Waals surface area contributed by atoms with Crippen molar-refractivity contribution >= 4 is 21.6 Å². The van der Waals surface area contributed by atoms with Crippen molar-refractivity contribution in [3.05, 3.63) is 28.2 Å². The largest absolute Gasteiger partial charge is 0.383 e. The summed E-state index contributed by atoms with van der Waals surface area (Å²) in [6.45, 7) is 7.24. The summed E-state index contributed by atoms with van der Waals surface area (Å²) in [7, 11) is 1.74. The fourth-order valence-electron chi connectivity index (χ4n) is 2.63. The zero-order chi connectivity index (χ0) is 14.4. The molecule has 0 aromatic heterocycles. The maximum absolute atomic E-state index is 5.08. The van der Waals surface area contributed by atoms with E-state index in [2.05, 4.69) is 51.3 Å². The lowest BCUT2D eigenvalue weighted by molar-refractivity contribution is 0.199. The van der Waals surface area contributed by atoms with E-state index in [4.69, 9.17) is 4.74 Å². The van der Waals surface area contributed by atoms with E-state index >= 15 is 0 Å². The van der Waals surface area contributed by atoms with Gasteiger partial charge in [-0.25, -0.2) is 0 Å². The standard InChI is InChI=1S/C16H25BrN2O/c1-13-5-8-19(9-6-13)16-11-15(17)4-3-14(16)12-18-7-10-20-2/h3-4,11,13,18H,5-10,12H2,1-2H3. The molecular formula is C16H25BrN2O. The van der Waals surface area contributed by atoms with Gasteiger partial charge in [-0.05, 0) is 36.5 Å². The molecule has 1 aliphatic rings. The number of methoxy groups -OCH3 is 1. The molecule has 1 fully saturated rings. The van der Waals surface area contributed by atoms with Gasteiger partial charge >= 0.3 is 0 Å². The number of benzene rings is 1. The first-order chi connectivity index (χ1) is 9.70. The van der Waals surface area contributed by atoms with Crippen LogP contribution >= 0.6 is 15.9 Å². The number of hydrogen-bond donors (Lipinski definition) is 1. The van der Waals surface area contributed by atoms with Crippen LogP contribution in [0.1, 0.15) is 25.3 Å². The van der Waals surface area contributed by atoms with Crippen molar-refractivity contribution in [1.29, 1.82) is 0 Å². The van der Waals surface area contributed by atoms with Crippen LogP contribution in [0.2, 0.25) is 0 Å². The van der Waals surface area contributed by atoms with E-state index in [0.29, 0.717) is 0 Å². The van der Waals surface area contributed by atoms with Crippen LogP contribution in [-0.4, -0.2) is 33.4 Å². The number of nitrogens with one attached hydrogen (secondary N) is 1. The Morgan fingerprint density at radius 2 is 2.10 bits per heavy atom. The van der Waals surface area contributed by atoms with E-state index in [-0.39, 0.29) is 0 Å². The molecule has 0 atom stereocenters. The Kier molecular flexibility index (Phi) is 6.33. The summed E-state index contributed by atoms with van der Waals surface area (Å²) in [6.07, 6.45) is 2.59. The molecule has 2 rings (SSSR count). The van der Waals surface area contributed by atoms with Gasteiger partial charge in [-0.3, -0.25) is 0 Å². The first-order valence-electron chi connectivity index (χ1n) is 7.43. The Hall–Kier alpha value is -0.580. The predicted molar refractivity (Wildman–Crippen MR) is 88.3 cm³/mol. The lowest BCUT2D eigenvalue weighted by Gasteiger charge is -2.33. The van der Waals surface area contributed by atoms with Crippen molar-refractivity contribution in [2.75, 3.05) is 38.3 Å². The number of hydrogen-bond acceptors (Lipinski definition) is 3. The van der Waals surface area contributed by atoms with E-state index in [1.165, 1.54) is 37.2 Å². The van der Waals surface area contributed by atoms with Crippen LogP contribution < -0.4 is 10.2 Å². The van der Waals surface area contributed by atoms with Crippen LogP contribution in [0.4, 0.5) is 5.69 Å². The highest BCUT2D eigenvalue weighted by molar-refractivity contribution is 9.10. The summed E-state index contributed by atoms with van der Waals surface area (Å²) in [5, 5.41) is 3.44. The Bertz CT molecular complexity index is 417. The van der Waals surface area contributed by atoms with Gasteiger partial charge < -0.3 is 15.0 Å². The molecule has 0 saturated carbocycles. The third-order valence-corrected chi connectivity index (χ3v) is 4.46. The smallest absolute Gasteiger partial charge is 0.0587 e. The molecule has 0 spiro atoms. The first-order valence-corrected chi connectivity index (χ1v) is 8.23. The van der Waals surface area contributed by atoms with Gasteiger partial charge in [0.2, 0.25) is 0 Å². The number of nitrogens with zero attached hydrogens (tertiary/aromatic N) is 1. The van der Waals surface area contributed by atoms with E-state index < -0.39 is 0 Å². The average Bonchev–Trinajstić information content (AvgIpc) is 2.46. The molecule has 1 saturated heterocycles.